The molecule has 0 radical (unpaired) electrons. The van der Waals surface area contributed by atoms with Gasteiger partial charge in [-0.3, -0.25) is 4.79 Å². The first-order chi connectivity index (χ1) is 9.11. The molecule has 3 rings (SSSR count). The summed E-state index contributed by atoms with van der Waals surface area (Å²) in [6, 6.07) is 9.82. The van der Waals surface area contributed by atoms with Gasteiger partial charge in [-0.1, -0.05) is 18.2 Å². The molecule has 20 heavy (non-hydrogen) atoms. The molecule has 0 unspecified atom stereocenters. The summed E-state index contributed by atoms with van der Waals surface area (Å²) in [6.45, 7) is 3.93. The third-order valence-corrected chi connectivity index (χ3v) is 3.57. The van der Waals surface area contributed by atoms with Gasteiger partial charge in [0.1, 0.15) is 5.75 Å². The van der Waals surface area contributed by atoms with Gasteiger partial charge in [-0.15, -0.1) is 12.4 Å². The van der Waals surface area contributed by atoms with E-state index in [9.17, 15) is 4.79 Å². The van der Waals surface area contributed by atoms with Crippen LogP contribution in [0.25, 0.3) is 21.7 Å². The number of nitrogens with one attached hydrogen (secondary N) is 1. The monoisotopic (exact) mass is 289 g/mol. The van der Waals surface area contributed by atoms with Crippen molar-refractivity contribution in [2.75, 3.05) is 7.11 Å². The van der Waals surface area contributed by atoms with Gasteiger partial charge in [0.2, 0.25) is 0 Å². The smallest absolute Gasteiger partial charge is 0.256 e. The Labute approximate surface area is 123 Å². The topological polar surface area (TPSA) is 42.1 Å². The van der Waals surface area contributed by atoms with Crippen molar-refractivity contribution in [2.45, 2.75) is 13.8 Å². The van der Waals surface area contributed by atoms with Crippen LogP contribution in [0.1, 0.15) is 11.1 Å². The van der Waals surface area contributed by atoms with Crippen LogP contribution < -0.4 is 10.3 Å². The van der Waals surface area contributed by atoms with Gasteiger partial charge in [0, 0.05) is 5.39 Å². The van der Waals surface area contributed by atoms with Gasteiger partial charge in [0.05, 0.1) is 18.0 Å². The van der Waals surface area contributed by atoms with Crippen LogP contribution in [0.4, 0.5) is 0 Å². The highest BCUT2D eigenvalue weighted by molar-refractivity contribution is 6.07. The standard InChI is InChI=1S/C16H15NO2.ClH/c1-9-5-4-6-12-13-8-11(19-3)7-10(2)15(13)17-16(18)14(9)12;/h4-8H,1-3H3,(H,17,18);1H. The van der Waals surface area contributed by atoms with Crippen molar-refractivity contribution in [3.8, 4) is 5.75 Å². The first-order valence-corrected chi connectivity index (χ1v) is 6.22. The van der Waals surface area contributed by atoms with Crippen LogP contribution in [0.2, 0.25) is 0 Å². The van der Waals surface area contributed by atoms with Crippen LogP contribution in [0.5, 0.6) is 5.75 Å². The zero-order valence-electron chi connectivity index (χ0n) is 11.6. The van der Waals surface area contributed by atoms with Gasteiger partial charge in [-0.2, -0.15) is 0 Å². The normalized spacial score (nSPS) is 10.6. The number of hydrogen-bond acceptors (Lipinski definition) is 2. The number of benzene rings is 2. The highest BCUT2D eigenvalue weighted by atomic mass is 35.5. The number of pyridine rings is 1. The second-order valence-corrected chi connectivity index (χ2v) is 4.82. The minimum absolute atomic E-state index is 0. The summed E-state index contributed by atoms with van der Waals surface area (Å²) >= 11 is 0. The Morgan fingerprint density at radius 3 is 2.50 bits per heavy atom. The van der Waals surface area contributed by atoms with Crippen LogP contribution >= 0.6 is 12.4 Å². The van der Waals surface area contributed by atoms with Crippen molar-refractivity contribution in [1.82, 2.24) is 4.98 Å². The number of H-pyrrole nitrogens is 1. The zero-order chi connectivity index (χ0) is 13.6. The summed E-state index contributed by atoms with van der Waals surface area (Å²) in [6.07, 6.45) is 0. The average Bonchev–Trinajstić information content (AvgIpc) is 2.39. The molecular weight excluding hydrogens is 274 g/mol. The Bertz CT molecular complexity index is 852. The number of aryl methyl sites for hydroxylation is 2. The average molecular weight is 290 g/mol. The van der Waals surface area contributed by atoms with Crippen molar-refractivity contribution in [3.63, 3.8) is 0 Å². The molecule has 0 bridgehead atoms. The fraction of sp³-hybridized carbons (Fsp3) is 0.188. The maximum absolute atomic E-state index is 12.2. The third-order valence-electron chi connectivity index (χ3n) is 3.57. The van der Waals surface area contributed by atoms with E-state index in [1.807, 2.05) is 44.2 Å². The van der Waals surface area contributed by atoms with E-state index in [0.717, 1.165) is 38.6 Å². The minimum atomic E-state index is -0.0335. The molecule has 0 saturated heterocycles. The largest absolute Gasteiger partial charge is 0.497 e. The molecule has 3 nitrogen and oxygen atoms in total. The molecule has 3 aromatic rings. The lowest BCUT2D eigenvalue weighted by Gasteiger charge is -2.10. The molecule has 1 heterocycles. The zero-order valence-corrected chi connectivity index (χ0v) is 12.4. The van der Waals surface area contributed by atoms with E-state index in [1.54, 1.807) is 7.11 Å². The lowest BCUT2D eigenvalue weighted by atomic mass is 10.0. The number of rotatable bonds is 1. The van der Waals surface area contributed by atoms with E-state index < -0.39 is 0 Å². The molecule has 4 heteroatoms. The van der Waals surface area contributed by atoms with Gasteiger partial charge < -0.3 is 9.72 Å². The molecule has 104 valence electrons. The van der Waals surface area contributed by atoms with Gasteiger partial charge >= 0.3 is 0 Å². The molecule has 1 N–H and O–H groups in total. The van der Waals surface area contributed by atoms with Crippen LogP contribution in [0, 0.1) is 13.8 Å². The number of fused-ring (bicyclic) bond motifs is 3. The molecule has 0 atom stereocenters. The maximum Gasteiger partial charge on any atom is 0.256 e. The van der Waals surface area contributed by atoms with Gasteiger partial charge in [0.15, 0.2) is 0 Å². The number of ether oxygens (including phenoxy) is 1. The second-order valence-electron chi connectivity index (χ2n) is 4.82. The molecule has 0 aliphatic rings. The summed E-state index contributed by atoms with van der Waals surface area (Å²) in [4.78, 5) is 15.2. The molecule has 0 aliphatic carbocycles. The van der Waals surface area contributed by atoms with E-state index in [2.05, 4.69) is 4.98 Å². The summed E-state index contributed by atoms with van der Waals surface area (Å²) in [5.41, 5.74) is 2.84. The maximum atomic E-state index is 12.2. The molecular formula is C16H16ClNO2. The summed E-state index contributed by atoms with van der Waals surface area (Å²) in [7, 11) is 1.65. The first kappa shape index (κ1) is 14.4. The fourth-order valence-corrected chi connectivity index (χ4v) is 2.62. The molecule has 2 aromatic carbocycles. The molecule has 0 spiro atoms. The quantitative estimate of drug-likeness (QED) is 0.694. The highest BCUT2D eigenvalue weighted by Gasteiger charge is 2.10. The molecule has 0 aliphatic heterocycles. The number of halogens is 1. The molecule has 0 saturated carbocycles. The van der Waals surface area contributed by atoms with Crippen molar-refractivity contribution in [1.29, 1.82) is 0 Å². The van der Waals surface area contributed by atoms with E-state index >= 15 is 0 Å². The Hall–Kier alpha value is -2.00. The van der Waals surface area contributed by atoms with Crippen LogP contribution in [0.15, 0.2) is 35.1 Å². The number of aromatic nitrogens is 1. The number of methoxy groups -OCH3 is 1. The van der Waals surface area contributed by atoms with Gasteiger partial charge in [-0.05, 0) is 42.5 Å². The summed E-state index contributed by atoms with van der Waals surface area (Å²) < 4.78 is 5.32. The number of hydrogen-bond donors (Lipinski definition) is 1. The Morgan fingerprint density at radius 1 is 1.05 bits per heavy atom. The van der Waals surface area contributed by atoms with E-state index in [1.165, 1.54) is 0 Å². The molecule has 0 amide bonds. The summed E-state index contributed by atoms with van der Waals surface area (Å²) in [5.74, 6) is 0.805. The second kappa shape index (κ2) is 5.17. The van der Waals surface area contributed by atoms with Crippen LogP contribution in [-0.4, -0.2) is 12.1 Å². The number of aromatic amines is 1. The fourth-order valence-electron chi connectivity index (χ4n) is 2.62. The minimum Gasteiger partial charge on any atom is -0.497 e. The Balaban J connectivity index is 0.00000147. The van der Waals surface area contributed by atoms with E-state index in [-0.39, 0.29) is 18.0 Å². The van der Waals surface area contributed by atoms with Crippen LogP contribution in [-0.2, 0) is 0 Å². The molecule has 1 aromatic heterocycles. The lowest BCUT2D eigenvalue weighted by Crippen LogP contribution is -2.08. The van der Waals surface area contributed by atoms with Crippen LogP contribution in [0.3, 0.4) is 0 Å². The van der Waals surface area contributed by atoms with E-state index in [0.29, 0.717) is 0 Å². The highest BCUT2D eigenvalue weighted by Crippen LogP contribution is 2.29. The van der Waals surface area contributed by atoms with Crippen molar-refractivity contribution < 1.29 is 4.74 Å². The SMILES string of the molecule is COc1cc(C)c2[nH]c(=O)c3c(C)cccc3c2c1.Cl. The third kappa shape index (κ3) is 2.04. The van der Waals surface area contributed by atoms with E-state index in [4.69, 9.17) is 4.74 Å². The lowest BCUT2D eigenvalue weighted by molar-refractivity contribution is 0.415. The Morgan fingerprint density at radius 2 is 1.80 bits per heavy atom. The van der Waals surface area contributed by atoms with Crippen molar-refractivity contribution in [3.05, 3.63) is 51.8 Å². The molecule has 0 fully saturated rings. The predicted molar refractivity (Wildman–Crippen MR) is 85.3 cm³/mol. The van der Waals surface area contributed by atoms with Crippen molar-refractivity contribution in [2.24, 2.45) is 0 Å². The first-order valence-electron chi connectivity index (χ1n) is 6.22. The van der Waals surface area contributed by atoms with Crippen molar-refractivity contribution >= 4 is 34.1 Å². The van der Waals surface area contributed by atoms with Gasteiger partial charge in [0.25, 0.3) is 5.56 Å². The predicted octanol–water partition coefficient (Wildman–Crippen LogP) is 3.73. The Kier molecular flexibility index (Phi) is 3.73. The van der Waals surface area contributed by atoms with Gasteiger partial charge in [-0.25, -0.2) is 0 Å². The summed E-state index contributed by atoms with van der Waals surface area (Å²) in [5, 5.41) is 2.75.